The lowest BCUT2D eigenvalue weighted by molar-refractivity contribution is 0.112. The van der Waals surface area contributed by atoms with Gasteiger partial charge in [-0.3, -0.25) is 4.79 Å². The first-order chi connectivity index (χ1) is 9.17. The minimum absolute atomic E-state index is 0.397. The third-order valence-electron chi connectivity index (χ3n) is 1.99. The number of carbonyl (C=O) groups excluding carboxylic acids is 2. The highest BCUT2D eigenvalue weighted by Crippen LogP contribution is 2.06. The number of aliphatic hydroxyl groups excluding tert-OH is 1. The van der Waals surface area contributed by atoms with Gasteiger partial charge in [-0.2, -0.15) is 0 Å². The molecule has 19 heavy (non-hydrogen) atoms. The van der Waals surface area contributed by atoms with Gasteiger partial charge in [0.15, 0.2) is 0 Å². The highest BCUT2D eigenvalue weighted by atomic mass is 16.5. The van der Waals surface area contributed by atoms with E-state index < -0.39 is 6.09 Å². The number of carbonyl (C=O) groups is 2. The Bertz CT molecular complexity index is 366. The van der Waals surface area contributed by atoms with Crippen LogP contribution in [0.5, 0.6) is 0 Å². The summed E-state index contributed by atoms with van der Waals surface area (Å²) in [5, 5.41) is 7.00. The van der Waals surface area contributed by atoms with E-state index in [-0.39, 0.29) is 0 Å². The minimum atomic E-state index is -0.397. The first-order valence-electron chi connectivity index (χ1n) is 5.95. The molecule has 1 rings (SSSR count). The fraction of sp³-hybridized carbons (Fsp3) is 0.429. The molecule has 0 atom stereocenters. The third-order valence-corrected chi connectivity index (χ3v) is 1.99. The second kappa shape index (κ2) is 12.6. The van der Waals surface area contributed by atoms with Crippen molar-refractivity contribution in [3.8, 4) is 0 Å². The highest BCUT2D eigenvalue weighted by molar-refractivity contribution is 5.75. The molecule has 0 radical (unpaired) electrons. The van der Waals surface area contributed by atoms with Gasteiger partial charge in [0, 0.05) is 26.3 Å². The molecule has 108 valence electrons. The normalized spacial score (nSPS) is 8.11. The summed E-state index contributed by atoms with van der Waals surface area (Å²) >= 11 is 0. The van der Waals surface area contributed by atoms with Crippen molar-refractivity contribution in [2.45, 2.75) is 20.4 Å². The average molecular weight is 269 g/mol. The van der Waals surface area contributed by atoms with Crippen LogP contribution in [0, 0.1) is 0 Å². The molecule has 0 fully saturated rings. The number of methoxy groups -OCH3 is 1. The van der Waals surface area contributed by atoms with Crippen molar-refractivity contribution in [3.63, 3.8) is 0 Å². The van der Waals surface area contributed by atoms with E-state index in [1.807, 2.05) is 19.9 Å². The van der Waals surface area contributed by atoms with E-state index in [1.54, 1.807) is 25.2 Å². The minimum Gasteiger partial charge on any atom is -0.453 e. The van der Waals surface area contributed by atoms with Crippen LogP contribution in [0.1, 0.15) is 29.8 Å². The van der Waals surface area contributed by atoms with Crippen molar-refractivity contribution in [2.24, 2.45) is 0 Å². The van der Waals surface area contributed by atoms with Gasteiger partial charge >= 0.3 is 6.09 Å². The van der Waals surface area contributed by atoms with Crippen LogP contribution >= 0.6 is 0 Å². The van der Waals surface area contributed by atoms with Crippen LogP contribution in [-0.4, -0.2) is 43.7 Å². The fourth-order valence-corrected chi connectivity index (χ4v) is 1.26. The smallest absolute Gasteiger partial charge is 0.409 e. The Morgan fingerprint density at radius 3 is 2.42 bits per heavy atom. The van der Waals surface area contributed by atoms with Gasteiger partial charge in [-0.15, -0.1) is 0 Å². The Balaban J connectivity index is 0. The van der Waals surface area contributed by atoms with Crippen LogP contribution in [0.15, 0.2) is 24.3 Å². The summed E-state index contributed by atoms with van der Waals surface area (Å²) in [6.07, 6.45) is 0.383. The van der Waals surface area contributed by atoms with Crippen molar-refractivity contribution in [1.29, 1.82) is 0 Å². The van der Waals surface area contributed by atoms with Crippen LogP contribution in [0.2, 0.25) is 0 Å². The number of nitrogens with zero attached hydrogens (tertiary/aromatic N) is 1. The molecular formula is C14H23NO4. The van der Waals surface area contributed by atoms with Crippen LogP contribution in [0.25, 0.3) is 0 Å². The predicted molar refractivity (Wildman–Crippen MR) is 75.2 cm³/mol. The van der Waals surface area contributed by atoms with Crippen molar-refractivity contribution >= 4 is 12.4 Å². The maximum Gasteiger partial charge on any atom is 0.409 e. The quantitative estimate of drug-likeness (QED) is 0.855. The van der Waals surface area contributed by atoms with E-state index in [2.05, 4.69) is 4.74 Å². The van der Waals surface area contributed by atoms with Crippen LogP contribution in [0.3, 0.4) is 0 Å². The number of aliphatic hydroxyl groups is 1. The summed E-state index contributed by atoms with van der Waals surface area (Å²) in [5.41, 5.74) is 1.50. The number of ether oxygens (including phenoxy) is 1. The molecule has 1 N–H and O–H groups in total. The average Bonchev–Trinajstić information content (AvgIpc) is 2.50. The molecule has 5 nitrogen and oxygen atoms in total. The van der Waals surface area contributed by atoms with Gasteiger partial charge in [-0.25, -0.2) is 4.79 Å². The molecule has 1 aromatic rings. The van der Waals surface area contributed by atoms with E-state index in [0.29, 0.717) is 12.1 Å². The predicted octanol–water partition coefficient (Wildman–Crippen LogP) is 2.33. The van der Waals surface area contributed by atoms with Gasteiger partial charge in [0.1, 0.15) is 6.29 Å². The van der Waals surface area contributed by atoms with Gasteiger partial charge in [0.25, 0.3) is 0 Å². The summed E-state index contributed by atoms with van der Waals surface area (Å²) in [7, 11) is 3.97. The van der Waals surface area contributed by atoms with Gasteiger partial charge in [-0.05, 0) is 11.6 Å². The van der Waals surface area contributed by atoms with E-state index in [9.17, 15) is 9.59 Å². The molecule has 0 aliphatic heterocycles. The van der Waals surface area contributed by atoms with Crippen LogP contribution in [0.4, 0.5) is 4.79 Å². The van der Waals surface area contributed by atoms with E-state index in [0.717, 1.165) is 19.0 Å². The van der Waals surface area contributed by atoms with E-state index in [4.69, 9.17) is 5.11 Å². The summed E-state index contributed by atoms with van der Waals surface area (Å²) in [6, 6.07) is 7.09. The Labute approximate surface area is 114 Å². The molecule has 0 unspecified atom stereocenters. The Hall–Kier alpha value is -1.88. The van der Waals surface area contributed by atoms with Crippen molar-refractivity contribution in [2.75, 3.05) is 21.3 Å². The lowest BCUT2D eigenvalue weighted by Gasteiger charge is -2.15. The molecule has 0 aliphatic rings. The molecule has 0 bridgehead atoms. The number of rotatable bonds is 3. The SMILES string of the molecule is CC.CO.COC(=O)N(C)Cc1cccc(C=O)c1. The molecule has 0 aliphatic carbocycles. The molecule has 0 spiro atoms. The standard InChI is InChI=1S/C11H13NO3.C2H6.CH4O/c1-12(11(14)15-2)7-9-4-3-5-10(6-9)8-13;2*1-2/h3-6,8H,7H2,1-2H3;1-2H3;2H,1H3. The maximum atomic E-state index is 11.1. The first-order valence-corrected chi connectivity index (χ1v) is 5.95. The third kappa shape index (κ3) is 7.94. The monoisotopic (exact) mass is 269 g/mol. The second-order valence-electron chi connectivity index (χ2n) is 3.19. The Kier molecular flexibility index (Phi) is 12.9. The van der Waals surface area contributed by atoms with Crippen molar-refractivity contribution < 1.29 is 19.4 Å². The number of aldehydes is 1. The Morgan fingerprint density at radius 2 is 1.95 bits per heavy atom. The van der Waals surface area contributed by atoms with E-state index in [1.165, 1.54) is 12.0 Å². The van der Waals surface area contributed by atoms with Gasteiger partial charge in [0.2, 0.25) is 0 Å². The maximum absolute atomic E-state index is 11.1. The molecule has 0 saturated heterocycles. The molecule has 1 aromatic carbocycles. The number of amides is 1. The zero-order valence-corrected chi connectivity index (χ0v) is 12.2. The zero-order chi connectivity index (χ0) is 15.3. The van der Waals surface area contributed by atoms with Gasteiger partial charge in [0.05, 0.1) is 7.11 Å². The second-order valence-corrected chi connectivity index (χ2v) is 3.19. The van der Waals surface area contributed by atoms with Gasteiger partial charge in [-0.1, -0.05) is 32.0 Å². The first kappa shape index (κ1) is 19.5. The van der Waals surface area contributed by atoms with E-state index >= 15 is 0 Å². The number of benzene rings is 1. The number of hydrogen-bond donors (Lipinski definition) is 1. The van der Waals surface area contributed by atoms with Gasteiger partial charge < -0.3 is 14.7 Å². The van der Waals surface area contributed by atoms with Crippen molar-refractivity contribution in [1.82, 2.24) is 4.90 Å². The van der Waals surface area contributed by atoms with Crippen molar-refractivity contribution in [3.05, 3.63) is 35.4 Å². The summed E-state index contributed by atoms with van der Waals surface area (Å²) in [4.78, 5) is 23.1. The molecule has 1 amide bonds. The van der Waals surface area contributed by atoms with Crippen LogP contribution in [-0.2, 0) is 11.3 Å². The summed E-state index contributed by atoms with van der Waals surface area (Å²) in [6.45, 7) is 4.42. The molecule has 0 aromatic heterocycles. The fourth-order valence-electron chi connectivity index (χ4n) is 1.26. The summed E-state index contributed by atoms with van der Waals surface area (Å²) < 4.78 is 4.56. The number of hydrogen-bond acceptors (Lipinski definition) is 4. The topological polar surface area (TPSA) is 66.8 Å². The highest BCUT2D eigenvalue weighted by Gasteiger charge is 2.08. The molecule has 0 saturated carbocycles. The lowest BCUT2D eigenvalue weighted by atomic mass is 10.1. The van der Waals surface area contributed by atoms with Crippen LogP contribution < -0.4 is 0 Å². The Morgan fingerprint density at radius 1 is 1.37 bits per heavy atom. The molecule has 0 heterocycles. The summed E-state index contributed by atoms with van der Waals surface area (Å²) in [5.74, 6) is 0. The molecular weight excluding hydrogens is 246 g/mol. The zero-order valence-electron chi connectivity index (χ0n) is 12.2. The largest absolute Gasteiger partial charge is 0.453 e. The molecule has 5 heteroatoms. The lowest BCUT2D eigenvalue weighted by Crippen LogP contribution is -2.25.